The van der Waals surface area contributed by atoms with Crippen molar-refractivity contribution in [3.8, 4) is 11.6 Å². The average molecular weight is 390 g/mol. The summed E-state index contributed by atoms with van der Waals surface area (Å²) in [7, 11) is 3.94. The van der Waals surface area contributed by atoms with Crippen molar-refractivity contribution >= 4 is 17.5 Å². The zero-order valence-corrected chi connectivity index (χ0v) is 15.3. The zero-order valence-electron chi connectivity index (χ0n) is 15.3. The first kappa shape index (κ1) is 19.4. The van der Waals surface area contributed by atoms with Gasteiger partial charge >= 0.3 is 6.03 Å². The molecule has 2 heterocycles. The van der Waals surface area contributed by atoms with Gasteiger partial charge in [-0.2, -0.15) is 0 Å². The van der Waals surface area contributed by atoms with E-state index in [4.69, 9.17) is 4.74 Å². The van der Waals surface area contributed by atoms with Crippen molar-refractivity contribution in [2.24, 2.45) is 0 Å². The highest BCUT2D eigenvalue weighted by Crippen LogP contribution is 2.27. The van der Waals surface area contributed by atoms with E-state index in [2.05, 4.69) is 20.2 Å². The van der Waals surface area contributed by atoms with Crippen molar-refractivity contribution in [3.63, 3.8) is 0 Å². The summed E-state index contributed by atoms with van der Waals surface area (Å²) in [6.07, 6.45) is 2.05. The first-order chi connectivity index (χ1) is 13.3. The van der Waals surface area contributed by atoms with E-state index in [-0.39, 0.29) is 29.2 Å². The highest BCUT2D eigenvalue weighted by atomic mass is 19.1. The topological polar surface area (TPSA) is 114 Å². The van der Waals surface area contributed by atoms with Gasteiger partial charge in [0.1, 0.15) is 12.1 Å². The number of likely N-dealkylation sites (tertiary alicyclic amines) is 1. The molecule has 2 amide bonds. The Bertz CT molecular complexity index is 894. The lowest BCUT2D eigenvalue weighted by molar-refractivity contribution is -0.385. The summed E-state index contributed by atoms with van der Waals surface area (Å²) < 4.78 is 19.3. The van der Waals surface area contributed by atoms with E-state index in [1.54, 1.807) is 4.90 Å². The fraction of sp³-hybridized carbons (Fsp3) is 0.353. The molecule has 1 fully saturated rings. The van der Waals surface area contributed by atoms with Crippen LogP contribution in [0.1, 0.15) is 6.42 Å². The minimum Gasteiger partial charge on any atom is -0.436 e. The van der Waals surface area contributed by atoms with Gasteiger partial charge in [0.05, 0.1) is 11.0 Å². The van der Waals surface area contributed by atoms with Gasteiger partial charge in [-0.3, -0.25) is 15.4 Å². The number of rotatable bonds is 5. The van der Waals surface area contributed by atoms with Gasteiger partial charge in [0.2, 0.25) is 5.88 Å². The van der Waals surface area contributed by atoms with Gasteiger partial charge < -0.3 is 14.5 Å². The minimum absolute atomic E-state index is 0.00866. The van der Waals surface area contributed by atoms with E-state index in [1.807, 2.05) is 14.1 Å². The number of hydrogen-bond donors (Lipinski definition) is 1. The molecule has 1 aromatic carbocycles. The maximum atomic E-state index is 14.0. The molecule has 1 aromatic heterocycles. The van der Waals surface area contributed by atoms with E-state index in [0.29, 0.717) is 19.1 Å². The standard InChI is InChI=1S/C17H19FN6O4/c1-22(2)12-5-6-23(9-12)17(25)21-15-8-16(20-10-19-15)28-14-4-3-11(24(26)27)7-13(14)18/h3-4,7-8,10,12H,5-6,9H2,1-2H3,(H,19,20,21,25)/t12-/m0/s1. The number of anilines is 1. The lowest BCUT2D eigenvalue weighted by Gasteiger charge is -2.20. The summed E-state index contributed by atoms with van der Waals surface area (Å²) in [5.74, 6) is -0.934. The van der Waals surface area contributed by atoms with Crippen molar-refractivity contribution < 1.29 is 18.8 Å². The number of carbonyl (C=O) groups is 1. The number of hydrogen-bond acceptors (Lipinski definition) is 7. The normalized spacial score (nSPS) is 16.3. The number of nitrogens with zero attached hydrogens (tertiary/aromatic N) is 5. The van der Waals surface area contributed by atoms with E-state index in [1.165, 1.54) is 12.4 Å². The Kier molecular flexibility index (Phi) is 5.64. The van der Waals surface area contributed by atoms with Crippen molar-refractivity contribution in [1.29, 1.82) is 0 Å². The highest BCUT2D eigenvalue weighted by Gasteiger charge is 2.27. The lowest BCUT2D eigenvalue weighted by Crippen LogP contribution is -2.37. The van der Waals surface area contributed by atoms with Crippen LogP contribution in [0.5, 0.6) is 11.6 Å². The van der Waals surface area contributed by atoms with Gasteiger partial charge in [0.25, 0.3) is 5.69 Å². The van der Waals surface area contributed by atoms with Crippen molar-refractivity contribution in [3.05, 3.63) is 46.5 Å². The molecule has 11 heteroatoms. The van der Waals surface area contributed by atoms with Crippen LogP contribution < -0.4 is 10.1 Å². The number of nitro groups is 1. The van der Waals surface area contributed by atoms with Crippen LogP contribution in [0, 0.1) is 15.9 Å². The van der Waals surface area contributed by atoms with E-state index < -0.39 is 10.7 Å². The van der Waals surface area contributed by atoms with Gasteiger partial charge in [0.15, 0.2) is 11.6 Å². The SMILES string of the molecule is CN(C)[C@H]1CCN(C(=O)Nc2cc(Oc3ccc([N+](=O)[O-])cc3F)ncn2)C1. The van der Waals surface area contributed by atoms with Crippen LogP contribution >= 0.6 is 0 Å². The molecule has 0 bridgehead atoms. The number of ether oxygens (including phenoxy) is 1. The van der Waals surface area contributed by atoms with Crippen LogP contribution in [-0.2, 0) is 0 Å². The predicted octanol–water partition coefficient (Wildman–Crippen LogP) is 2.48. The maximum Gasteiger partial charge on any atom is 0.323 e. The summed E-state index contributed by atoms with van der Waals surface area (Å²) >= 11 is 0. The first-order valence-electron chi connectivity index (χ1n) is 8.49. The Hall–Kier alpha value is -3.34. The molecule has 2 aromatic rings. The second-order valence-electron chi connectivity index (χ2n) is 6.50. The third-order valence-corrected chi connectivity index (χ3v) is 4.40. The Labute approximate surface area is 160 Å². The number of amides is 2. The molecular formula is C17H19FN6O4. The molecule has 1 atom stereocenters. The largest absolute Gasteiger partial charge is 0.436 e. The van der Waals surface area contributed by atoms with Crippen LogP contribution in [0.3, 0.4) is 0 Å². The summed E-state index contributed by atoms with van der Waals surface area (Å²) in [6.45, 7) is 1.25. The van der Waals surface area contributed by atoms with Gasteiger partial charge in [-0.15, -0.1) is 0 Å². The van der Waals surface area contributed by atoms with Crippen molar-refractivity contribution in [2.45, 2.75) is 12.5 Å². The number of nitro benzene ring substituents is 1. The Morgan fingerprint density at radius 2 is 2.18 bits per heavy atom. The van der Waals surface area contributed by atoms with Crippen LogP contribution in [0.4, 0.5) is 20.7 Å². The summed E-state index contributed by atoms with van der Waals surface area (Å²) in [4.78, 5) is 33.9. The van der Waals surface area contributed by atoms with Crippen LogP contribution in [0.2, 0.25) is 0 Å². The van der Waals surface area contributed by atoms with E-state index in [9.17, 15) is 19.3 Å². The number of aromatic nitrogens is 2. The molecule has 28 heavy (non-hydrogen) atoms. The van der Waals surface area contributed by atoms with Crippen LogP contribution in [0.15, 0.2) is 30.6 Å². The monoisotopic (exact) mass is 390 g/mol. The zero-order chi connectivity index (χ0) is 20.3. The third-order valence-electron chi connectivity index (χ3n) is 4.40. The molecule has 1 aliphatic heterocycles. The van der Waals surface area contributed by atoms with Gasteiger partial charge in [-0.05, 0) is 26.6 Å². The van der Waals surface area contributed by atoms with Gasteiger partial charge in [-0.1, -0.05) is 0 Å². The molecule has 148 valence electrons. The number of halogens is 1. The second kappa shape index (κ2) is 8.13. The van der Waals surface area contributed by atoms with Crippen molar-refractivity contribution in [2.75, 3.05) is 32.5 Å². The van der Waals surface area contributed by atoms with Gasteiger partial charge in [0, 0.05) is 31.3 Å². The molecule has 3 rings (SSSR count). The van der Waals surface area contributed by atoms with Crippen molar-refractivity contribution in [1.82, 2.24) is 19.8 Å². The number of likely N-dealkylation sites (N-methyl/N-ethyl adjacent to an activating group) is 1. The summed E-state index contributed by atoms with van der Waals surface area (Å²) in [6, 6.07) is 4.37. The smallest absolute Gasteiger partial charge is 0.323 e. The number of non-ortho nitro benzene ring substituents is 1. The second-order valence-corrected chi connectivity index (χ2v) is 6.50. The quantitative estimate of drug-likeness (QED) is 0.616. The molecule has 10 nitrogen and oxygen atoms in total. The predicted molar refractivity (Wildman–Crippen MR) is 97.8 cm³/mol. The minimum atomic E-state index is -0.898. The molecule has 0 radical (unpaired) electrons. The molecule has 1 aliphatic rings. The fourth-order valence-electron chi connectivity index (χ4n) is 2.80. The fourth-order valence-corrected chi connectivity index (χ4v) is 2.80. The highest BCUT2D eigenvalue weighted by molar-refractivity contribution is 5.88. The Morgan fingerprint density at radius 3 is 2.82 bits per heavy atom. The molecule has 1 N–H and O–H groups in total. The van der Waals surface area contributed by atoms with E-state index >= 15 is 0 Å². The first-order valence-corrected chi connectivity index (χ1v) is 8.49. The number of nitrogens with one attached hydrogen (secondary N) is 1. The number of urea groups is 1. The molecule has 0 aliphatic carbocycles. The number of carbonyl (C=O) groups excluding carboxylic acids is 1. The molecule has 0 saturated carbocycles. The molecule has 0 unspecified atom stereocenters. The molecular weight excluding hydrogens is 371 g/mol. The van der Waals surface area contributed by atoms with Crippen LogP contribution in [0.25, 0.3) is 0 Å². The Balaban J connectivity index is 1.66. The molecule has 0 spiro atoms. The van der Waals surface area contributed by atoms with E-state index in [0.717, 1.165) is 24.6 Å². The third kappa shape index (κ3) is 4.49. The Morgan fingerprint density at radius 1 is 1.39 bits per heavy atom. The lowest BCUT2D eigenvalue weighted by atomic mass is 10.2. The van der Waals surface area contributed by atoms with Crippen LogP contribution in [-0.4, -0.2) is 63.9 Å². The number of benzene rings is 1. The maximum absolute atomic E-state index is 14.0. The summed E-state index contributed by atoms with van der Waals surface area (Å²) in [5, 5.41) is 13.3. The van der Waals surface area contributed by atoms with Gasteiger partial charge in [-0.25, -0.2) is 19.2 Å². The summed E-state index contributed by atoms with van der Waals surface area (Å²) in [5.41, 5.74) is -0.387. The molecule has 1 saturated heterocycles. The average Bonchev–Trinajstić information content (AvgIpc) is 3.14.